The summed E-state index contributed by atoms with van der Waals surface area (Å²) in [5.74, 6) is -2.56. The molecule has 3 aliphatic rings. The molecule has 32 heavy (non-hydrogen) atoms. The first kappa shape index (κ1) is 22.9. The number of hydrogen-bond donors (Lipinski definition) is 1. The van der Waals surface area contributed by atoms with Crippen LogP contribution in [0.2, 0.25) is 0 Å². The molecule has 2 fully saturated rings. The molecule has 2 bridgehead atoms. The minimum Gasteiger partial charge on any atom is -0.459 e. The van der Waals surface area contributed by atoms with Crippen LogP contribution in [0.3, 0.4) is 0 Å². The van der Waals surface area contributed by atoms with Crippen LogP contribution in [-0.2, 0) is 15.3 Å². The van der Waals surface area contributed by atoms with Gasteiger partial charge in [0.25, 0.3) is 0 Å². The van der Waals surface area contributed by atoms with Crippen LogP contribution >= 0.6 is 0 Å². The maximum Gasteiger partial charge on any atom is 0.422 e. The van der Waals surface area contributed by atoms with Crippen molar-refractivity contribution in [2.45, 2.75) is 69.2 Å². The van der Waals surface area contributed by atoms with Crippen molar-refractivity contribution < 1.29 is 31.8 Å². The van der Waals surface area contributed by atoms with E-state index < -0.39 is 41.7 Å². The van der Waals surface area contributed by atoms with Crippen molar-refractivity contribution in [3.8, 4) is 6.01 Å². The molecule has 0 aromatic carbocycles. The van der Waals surface area contributed by atoms with E-state index in [1.54, 1.807) is 32.9 Å². The molecule has 1 N–H and O–H groups in total. The molecule has 1 aromatic heterocycles. The first-order valence-corrected chi connectivity index (χ1v) is 10.5. The number of likely N-dealkylation sites (tertiary alicyclic amines) is 1. The Morgan fingerprint density at radius 1 is 1.34 bits per heavy atom. The largest absolute Gasteiger partial charge is 0.459 e. The van der Waals surface area contributed by atoms with Crippen molar-refractivity contribution in [1.82, 2.24) is 20.2 Å². The Morgan fingerprint density at radius 3 is 2.78 bits per heavy atom. The monoisotopic (exact) mass is 458 g/mol. The van der Waals surface area contributed by atoms with Gasteiger partial charge >= 0.3 is 18.2 Å². The predicted octanol–water partition coefficient (Wildman–Crippen LogP) is 3.11. The highest BCUT2D eigenvalue weighted by atomic mass is 19.4. The van der Waals surface area contributed by atoms with Crippen molar-refractivity contribution in [2.75, 3.05) is 19.7 Å². The average molecular weight is 458 g/mol. The van der Waals surface area contributed by atoms with Crippen LogP contribution in [-0.4, -0.2) is 63.9 Å². The van der Waals surface area contributed by atoms with E-state index in [4.69, 9.17) is 4.74 Å². The molecule has 1 aliphatic carbocycles. The molecule has 176 valence electrons. The molecule has 1 aromatic rings. The van der Waals surface area contributed by atoms with Gasteiger partial charge in [0.05, 0.1) is 0 Å². The third-order valence-corrected chi connectivity index (χ3v) is 5.80. The molecule has 4 rings (SSSR count). The van der Waals surface area contributed by atoms with E-state index in [0.29, 0.717) is 24.9 Å². The molecule has 0 amide bonds. The number of piperazine rings is 1. The van der Waals surface area contributed by atoms with Crippen LogP contribution in [0.15, 0.2) is 12.3 Å². The number of esters is 1. The Hall–Kier alpha value is -2.27. The molecule has 7 nitrogen and oxygen atoms in total. The molecule has 0 saturated carbocycles. The van der Waals surface area contributed by atoms with Crippen molar-refractivity contribution in [3.63, 3.8) is 0 Å². The van der Waals surface area contributed by atoms with Gasteiger partial charge in [0.2, 0.25) is 5.79 Å². The van der Waals surface area contributed by atoms with Crippen LogP contribution in [0.4, 0.5) is 17.6 Å². The molecule has 0 radical (unpaired) electrons. The molecule has 0 spiro atoms. The molecular formula is C21H26F4N4O3. The van der Waals surface area contributed by atoms with Crippen LogP contribution in [0.1, 0.15) is 51.3 Å². The molecule has 2 aliphatic heterocycles. The minimum absolute atomic E-state index is 0.0466. The van der Waals surface area contributed by atoms with Crippen LogP contribution in [0, 0.1) is 0 Å². The highest BCUT2D eigenvalue weighted by Crippen LogP contribution is 2.44. The highest BCUT2D eigenvalue weighted by molar-refractivity contribution is 5.82. The number of nitrogens with one attached hydrogen (secondary N) is 1. The molecule has 3 heterocycles. The summed E-state index contributed by atoms with van der Waals surface area (Å²) in [6.45, 7) is 4.10. The summed E-state index contributed by atoms with van der Waals surface area (Å²) in [4.78, 5) is 22.3. The van der Waals surface area contributed by atoms with Crippen LogP contribution < -0.4 is 10.1 Å². The number of ether oxygens (including phenoxy) is 2. The van der Waals surface area contributed by atoms with Gasteiger partial charge in [-0.3, -0.25) is 10.2 Å². The summed E-state index contributed by atoms with van der Waals surface area (Å²) in [5.41, 5.74) is -1.46. The van der Waals surface area contributed by atoms with E-state index in [9.17, 15) is 18.0 Å². The first-order valence-electron chi connectivity index (χ1n) is 10.5. The number of carbonyl (C=O) groups is 1. The minimum atomic E-state index is -4.57. The zero-order chi connectivity index (χ0) is 23.4. The van der Waals surface area contributed by atoms with E-state index >= 15 is 4.39 Å². The van der Waals surface area contributed by atoms with Gasteiger partial charge in [0.1, 0.15) is 16.8 Å². The summed E-state index contributed by atoms with van der Waals surface area (Å²) in [7, 11) is 0. The van der Waals surface area contributed by atoms with Gasteiger partial charge < -0.3 is 9.47 Å². The SMILES string of the molecule is CC(C)(C)OC(=O)[C@@]12CC[C@@H](CN(C3(F)CC=Cc4cnc(OCC(F)(F)F)nc43)C1)N2. The third kappa shape index (κ3) is 4.45. The van der Waals surface area contributed by atoms with E-state index in [-0.39, 0.29) is 24.7 Å². The van der Waals surface area contributed by atoms with E-state index in [1.165, 1.54) is 11.1 Å². The number of alkyl halides is 4. The normalized spacial score (nSPS) is 30.2. The number of aromatic nitrogens is 2. The topological polar surface area (TPSA) is 76.6 Å². The van der Waals surface area contributed by atoms with Crippen molar-refractivity contribution >= 4 is 12.0 Å². The maximum atomic E-state index is 16.6. The van der Waals surface area contributed by atoms with E-state index in [1.807, 2.05) is 0 Å². The number of hydrogen-bond acceptors (Lipinski definition) is 7. The number of rotatable bonds is 4. The summed E-state index contributed by atoms with van der Waals surface area (Å²) in [5, 5.41) is 3.30. The van der Waals surface area contributed by atoms with Gasteiger partial charge in [-0.2, -0.15) is 18.2 Å². The maximum absolute atomic E-state index is 16.6. The average Bonchev–Trinajstić information content (AvgIpc) is 3.00. The highest BCUT2D eigenvalue weighted by Gasteiger charge is 2.57. The first-order chi connectivity index (χ1) is 14.8. The molecule has 11 heteroatoms. The van der Waals surface area contributed by atoms with Crippen molar-refractivity contribution in [3.05, 3.63) is 23.5 Å². The standard InChI is InChI=1S/C21H26F4N4O3/c1-18(2,3)32-16(30)19-8-6-14(28-19)10-29(11-19)20(22)7-4-5-13-9-26-17(27-15(13)20)31-12-21(23,24)25/h4-5,9,14,28H,6-8,10-12H2,1-3H3/t14-,19+,20?/m0/s1. The van der Waals surface area contributed by atoms with Crippen LogP contribution in [0.5, 0.6) is 6.01 Å². The summed E-state index contributed by atoms with van der Waals surface area (Å²) in [6, 6.07) is -0.667. The summed E-state index contributed by atoms with van der Waals surface area (Å²) < 4.78 is 64.4. The third-order valence-electron chi connectivity index (χ3n) is 5.80. The fourth-order valence-electron chi connectivity index (χ4n) is 4.48. The Labute approximate surface area is 183 Å². The second kappa shape index (κ2) is 7.65. The summed E-state index contributed by atoms with van der Waals surface area (Å²) in [6.07, 6.45) is 1.06. The van der Waals surface area contributed by atoms with Gasteiger partial charge in [0, 0.05) is 37.3 Å². The second-order valence-corrected chi connectivity index (χ2v) is 9.57. The Kier molecular flexibility index (Phi) is 5.48. The fourth-order valence-corrected chi connectivity index (χ4v) is 4.48. The lowest BCUT2D eigenvalue weighted by atomic mass is 9.90. The Bertz CT molecular complexity index is 933. The lowest BCUT2D eigenvalue weighted by molar-refractivity contribution is -0.168. The Balaban J connectivity index is 1.63. The van der Waals surface area contributed by atoms with Crippen molar-refractivity contribution in [2.24, 2.45) is 0 Å². The van der Waals surface area contributed by atoms with Crippen molar-refractivity contribution in [1.29, 1.82) is 0 Å². The fraction of sp³-hybridized carbons (Fsp3) is 0.667. The Morgan fingerprint density at radius 2 is 2.09 bits per heavy atom. The second-order valence-electron chi connectivity index (χ2n) is 9.57. The van der Waals surface area contributed by atoms with Gasteiger partial charge in [-0.05, 0) is 33.6 Å². The lowest BCUT2D eigenvalue weighted by Crippen LogP contribution is -2.67. The van der Waals surface area contributed by atoms with E-state index in [2.05, 4.69) is 20.0 Å². The number of halogens is 4. The zero-order valence-electron chi connectivity index (χ0n) is 18.1. The van der Waals surface area contributed by atoms with Gasteiger partial charge in [-0.15, -0.1) is 0 Å². The van der Waals surface area contributed by atoms with Gasteiger partial charge in [-0.1, -0.05) is 12.2 Å². The van der Waals surface area contributed by atoms with Gasteiger partial charge in [0.15, 0.2) is 6.61 Å². The number of fused-ring (bicyclic) bond motifs is 3. The van der Waals surface area contributed by atoms with Gasteiger partial charge in [-0.25, -0.2) is 14.2 Å². The molecule has 2 saturated heterocycles. The quantitative estimate of drug-likeness (QED) is 0.422. The molecule has 3 atom stereocenters. The zero-order valence-corrected chi connectivity index (χ0v) is 18.1. The summed E-state index contributed by atoms with van der Waals surface area (Å²) >= 11 is 0. The predicted molar refractivity (Wildman–Crippen MR) is 106 cm³/mol. The van der Waals surface area contributed by atoms with Crippen LogP contribution in [0.25, 0.3) is 6.08 Å². The molecular weight excluding hydrogens is 432 g/mol. The number of nitrogens with zero attached hydrogens (tertiary/aromatic N) is 3. The molecule has 1 unspecified atom stereocenters. The number of carbonyl (C=O) groups excluding carboxylic acids is 1. The lowest BCUT2D eigenvalue weighted by Gasteiger charge is -2.47. The van der Waals surface area contributed by atoms with E-state index in [0.717, 1.165) is 0 Å². The smallest absolute Gasteiger partial charge is 0.422 e.